The first kappa shape index (κ1) is 38.0. The van der Waals surface area contributed by atoms with Crippen LogP contribution in [0, 0.1) is 13.8 Å². The molecule has 6 nitrogen and oxygen atoms in total. The maximum Gasteiger partial charge on any atom is 0.262 e. The molecule has 0 unspecified atom stereocenters. The van der Waals surface area contributed by atoms with Gasteiger partial charge in [-0.3, -0.25) is 19.0 Å². The number of unbranched alkanes of at least 4 members (excludes halogenated alkanes) is 1. The average Bonchev–Trinajstić information content (AvgIpc) is 3.34. The summed E-state index contributed by atoms with van der Waals surface area (Å²) in [6.45, 7) is 6.69. The van der Waals surface area contributed by atoms with E-state index in [4.69, 9.17) is 11.6 Å². The molecule has 48 heavy (non-hydrogen) atoms. The molecular formula is C41H50ClN3O3. The molecule has 7 heteroatoms. The van der Waals surface area contributed by atoms with E-state index in [-0.39, 0.29) is 24.1 Å². The minimum atomic E-state index is -0.172. The highest BCUT2D eigenvalue weighted by Gasteiger charge is 2.21. The van der Waals surface area contributed by atoms with Crippen LogP contribution >= 0.6 is 11.6 Å². The number of hydrogen-bond donors (Lipinski definition) is 2. The van der Waals surface area contributed by atoms with E-state index in [0.717, 1.165) is 72.7 Å². The monoisotopic (exact) mass is 667 g/mol. The number of amides is 2. The third-order valence-corrected chi connectivity index (χ3v) is 8.08. The Hall–Kier alpha value is -4.42. The molecule has 0 atom stereocenters. The largest absolute Gasteiger partial charge is 0.354 e. The van der Waals surface area contributed by atoms with Gasteiger partial charge in [0, 0.05) is 41.2 Å². The SMILES string of the molecule is CC/C=C\C/C=C\C/C=C\C/C=C\C/C=C\CCCC(=O)NCCNC(=O)Cc1c(C)n(C(=O)c2ccc(Cl)cc2)c2ccc(C)cc12. The summed E-state index contributed by atoms with van der Waals surface area (Å²) < 4.78 is 1.67. The fraction of sp³-hybridized carbons (Fsp3) is 0.341. The second-order valence-electron chi connectivity index (χ2n) is 11.7. The molecule has 2 N–H and O–H groups in total. The van der Waals surface area contributed by atoms with Gasteiger partial charge in [0.1, 0.15) is 0 Å². The molecule has 1 aromatic heterocycles. The zero-order valence-corrected chi connectivity index (χ0v) is 29.4. The van der Waals surface area contributed by atoms with Gasteiger partial charge in [-0.15, -0.1) is 0 Å². The number of halogens is 1. The van der Waals surface area contributed by atoms with Gasteiger partial charge in [0.05, 0.1) is 11.9 Å². The van der Waals surface area contributed by atoms with Crippen molar-refractivity contribution in [3.8, 4) is 0 Å². The van der Waals surface area contributed by atoms with Gasteiger partial charge in [-0.05, 0) is 101 Å². The van der Waals surface area contributed by atoms with Crippen LogP contribution in [-0.4, -0.2) is 35.4 Å². The van der Waals surface area contributed by atoms with Crippen molar-refractivity contribution in [2.24, 2.45) is 0 Å². The highest BCUT2D eigenvalue weighted by molar-refractivity contribution is 6.30. The number of benzene rings is 2. The minimum Gasteiger partial charge on any atom is -0.354 e. The van der Waals surface area contributed by atoms with Gasteiger partial charge >= 0.3 is 0 Å². The fourth-order valence-electron chi connectivity index (χ4n) is 5.27. The van der Waals surface area contributed by atoms with Crippen LogP contribution in [0.25, 0.3) is 10.9 Å². The number of nitrogens with one attached hydrogen (secondary N) is 2. The van der Waals surface area contributed by atoms with E-state index in [1.165, 1.54) is 0 Å². The number of aryl methyl sites for hydroxylation is 1. The summed E-state index contributed by atoms with van der Waals surface area (Å²) >= 11 is 6.02. The molecule has 0 fully saturated rings. The summed E-state index contributed by atoms with van der Waals surface area (Å²) in [5.41, 5.74) is 3.87. The van der Waals surface area contributed by atoms with Gasteiger partial charge in [-0.2, -0.15) is 0 Å². The molecule has 2 aromatic carbocycles. The molecule has 0 radical (unpaired) electrons. The summed E-state index contributed by atoms with van der Waals surface area (Å²) in [5, 5.41) is 7.23. The lowest BCUT2D eigenvalue weighted by atomic mass is 10.1. The maximum absolute atomic E-state index is 13.5. The Labute approximate surface area is 291 Å². The molecule has 0 saturated heterocycles. The van der Waals surface area contributed by atoms with Crippen LogP contribution in [0.1, 0.15) is 85.5 Å². The lowest BCUT2D eigenvalue weighted by molar-refractivity contribution is -0.122. The Kier molecular flexibility index (Phi) is 17.0. The Morgan fingerprint density at radius 1 is 0.729 bits per heavy atom. The van der Waals surface area contributed by atoms with Gasteiger partial charge in [0.2, 0.25) is 11.8 Å². The fourth-order valence-corrected chi connectivity index (χ4v) is 5.39. The zero-order valence-electron chi connectivity index (χ0n) is 28.6. The highest BCUT2D eigenvalue weighted by Crippen LogP contribution is 2.28. The average molecular weight is 668 g/mol. The van der Waals surface area contributed by atoms with Crippen LogP contribution in [0.5, 0.6) is 0 Å². The number of fused-ring (bicyclic) bond motifs is 1. The van der Waals surface area contributed by atoms with Crippen LogP contribution < -0.4 is 10.6 Å². The minimum absolute atomic E-state index is 0.0216. The van der Waals surface area contributed by atoms with E-state index in [2.05, 4.69) is 78.3 Å². The Bertz CT molecular complexity index is 1640. The number of carbonyl (C=O) groups excluding carboxylic acids is 3. The standard InChI is InChI=1S/C41H50ClN3O3/c1-4-5-6-7-8-9-10-11-12-13-14-15-16-17-18-19-20-21-39(46)43-28-29-44-40(47)31-36-33(3)45(38-27-22-32(2)30-37(36)38)41(48)34-23-25-35(42)26-24-34/h5-6,8-9,11-12,14-15,17-18,22-27,30H,4,7,10,13,16,19-21,28-29,31H2,1-3H3,(H,43,46)(H,44,47)/b6-5-,9-8-,12-11-,15-14-,18-17-. The first-order chi connectivity index (χ1) is 23.3. The normalized spacial score (nSPS) is 12.1. The lowest BCUT2D eigenvalue weighted by Gasteiger charge is -2.09. The number of hydrogen-bond acceptors (Lipinski definition) is 3. The molecule has 3 rings (SSSR count). The molecule has 0 aliphatic heterocycles. The quantitative estimate of drug-likeness (QED) is 0.0988. The van der Waals surface area contributed by atoms with E-state index < -0.39 is 0 Å². The number of rotatable bonds is 19. The van der Waals surface area contributed by atoms with E-state index in [1.807, 2.05) is 32.0 Å². The first-order valence-corrected chi connectivity index (χ1v) is 17.4. The van der Waals surface area contributed by atoms with Crippen molar-refractivity contribution in [1.29, 1.82) is 0 Å². The number of allylic oxidation sites excluding steroid dienone is 10. The van der Waals surface area contributed by atoms with Crippen LogP contribution in [0.4, 0.5) is 0 Å². The van der Waals surface area contributed by atoms with Gasteiger partial charge in [0.25, 0.3) is 5.91 Å². The van der Waals surface area contributed by atoms with E-state index in [1.54, 1.807) is 28.8 Å². The molecule has 0 spiro atoms. The Morgan fingerprint density at radius 3 is 1.90 bits per heavy atom. The van der Waals surface area contributed by atoms with E-state index in [9.17, 15) is 14.4 Å². The molecule has 3 aromatic rings. The summed E-state index contributed by atoms with van der Waals surface area (Å²) in [6.07, 6.45) is 28.8. The van der Waals surface area contributed by atoms with Gasteiger partial charge < -0.3 is 10.6 Å². The number of carbonyl (C=O) groups is 3. The van der Waals surface area contributed by atoms with Crippen molar-refractivity contribution in [2.45, 2.75) is 78.6 Å². The van der Waals surface area contributed by atoms with Crippen LogP contribution in [0.15, 0.2) is 103 Å². The molecule has 0 bridgehead atoms. The predicted molar refractivity (Wildman–Crippen MR) is 201 cm³/mol. The van der Waals surface area contributed by atoms with Crippen molar-refractivity contribution >= 4 is 40.2 Å². The molecule has 254 valence electrons. The molecule has 0 aliphatic carbocycles. The number of nitrogens with zero attached hydrogens (tertiary/aromatic N) is 1. The van der Waals surface area contributed by atoms with Crippen molar-refractivity contribution in [3.63, 3.8) is 0 Å². The predicted octanol–water partition coefficient (Wildman–Crippen LogP) is 9.30. The summed E-state index contributed by atoms with van der Waals surface area (Å²) in [6, 6.07) is 12.7. The van der Waals surface area contributed by atoms with Gasteiger partial charge in [-0.1, -0.05) is 90.9 Å². The third kappa shape index (κ3) is 13.0. The summed E-state index contributed by atoms with van der Waals surface area (Å²) in [7, 11) is 0. The summed E-state index contributed by atoms with van der Waals surface area (Å²) in [5.74, 6) is -0.356. The molecule has 0 saturated carbocycles. The van der Waals surface area contributed by atoms with Crippen molar-refractivity contribution < 1.29 is 14.4 Å². The highest BCUT2D eigenvalue weighted by atomic mass is 35.5. The van der Waals surface area contributed by atoms with Crippen molar-refractivity contribution in [2.75, 3.05) is 13.1 Å². The zero-order chi connectivity index (χ0) is 34.6. The molecule has 1 heterocycles. The molecule has 0 aliphatic rings. The Balaban J connectivity index is 1.33. The topological polar surface area (TPSA) is 80.2 Å². The van der Waals surface area contributed by atoms with Crippen LogP contribution in [0.2, 0.25) is 5.02 Å². The van der Waals surface area contributed by atoms with Crippen molar-refractivity contribution in [3.05, 3.63) is 131 Å². The van der Waals surface area contributed by atoms with Crippen LogP contribution in [-0.2, 0) is 16.0 Å². The van der Waals surface area contributed by atoms with Crippen molar-refractivity contribution in [1.82, 2.24) is 15.2 Å². The number of aromatic nitrogens is 1. The van der Waals surface area contributed by atoms with Crippen LogP contribution in [0.3, 0.4) is 0 Å². The van der Waals surface area contributed by atoms with E-state index in [0.29, 0.717) is 30.1 Å². The van der Waals surface area contributed by atoms with Gasteiger partial charge in [0.15, 0.2) is 0 Å². The third-order valence-electron chi connectivity index (χ3n) is 7.82. The first-order valence-electron chi connectivity index (χ1n) is 17.0. The second kappa shape index (κ2) is 21.5. The van der Waals surface area contributed by atoms with Gasteiger partial charge in [-0.25, -0.2) is 0 Å². The molecule has 2 amide bonds. The molecular weight excluding hydrogens is 618 g/mol. The Morgan fingerprint density at radius 2 is 1.29 bits per heavy atom. The summed E-state index contributed by atoms with van der Waals surface area (Å²) in [4.78, 5) is 38.6. The van der Waals surface area contributed by atoms with E-state index >= 15 is 0 Å². The second-order valence-corrected chi connectivity index (χ2v) is 12.1. The maximum atomic E-state index is 13.5. The smallest absolute Gasteiger partial charge is 0.262 e. The lowest BCUT2D eigenvalue weighted by Crippen LogP contribution is -2.35.